The Morgan fingerprint density at radius 2 is 1.74 bits per heavy atom. The zero-order valence-electron chi connectivity index (χ0n) is 14.9. The number of hydrogen-bond donors (Lipinski definition) is 0. The summed E-state index contributed by atoms with van der Waals surface area (Å²) >= 11 is 0. The summed E-state index contributed by atoms with van der Waals surface area (Å²) in [4.78, 5) is 13.9. The monoisotopic (exact) mass is 379 g/mol. The number of carbonyl (C=O) groups is 1. The van der Waals surface area contributed by atoms with E-state index in [1.54, 1.807) is 17.0 Å². The SMILES string of the molecule is COc1cc(OCC(=O)N2CCCC2)cc(-c2ccccc2C(F)(F)F)c1. The van der Waals surface area contributed by atoms with Crippen LogP contribution in [-0.4, -0.2) is 37.6 Å². The van der Waals surface area contributed by atoms with Gasteiger partial charge in [0.1, 0.15) is 11.5 Å². The molecular formula is C20H20F3NO3. The summed E-state index contributed by atoms with van der Waals surface area (Å²) in [5.41, 5.74) is -0.400. The minimum absolute atomic E-state index is 0.0274. The highest BCUT2D eigenvalue weighted by Gasteiger charge is 2.33. The van der Waals surface area contributed by atoms with Gasteiger partial charge in [0.25, 0.3) is 5.91 Å². The lowest BCUT2D eigenvalue weighted by Crippen LogP contribution is -2.32. The molecule has 0 saturated carbocycles. The third-order valence-corrected chi connectivity index (χ3v) is 4.48. The van der Waals surface area contributed by atoms with Crippen molar-refractivity contribution >= 4 is 5.91 Å². The zero-order valence-corrected chi connectivity index (χ0v) is 14.9. The minimum atomic E-state index is -4.48. The van der Waals surface area contributed by atoms with Crippen LogP contribution in [0.25, 0.3) is 11.1 Å². The van der Waals surface area contributed by atoms with Gasteiger partial charge in [-0.25, -0.2) is 0 Å². The van der Waals surface area contributed by atoms with E-state index in [-0.39, 0.29) is 23.8 Å². The summed E-state index contributed by atoms with van der Waals surface area (Å²) in [6.07, 6.45) is -2.53. The van der Waals surface area contributed by atoms with E-state index in [1.807, 2.05) is 0 Å². The van der Waals surface area contributed by atoms with Gasteiger partial charge in [0.2, 0.25) is 0 Å². The Morgan fingerprint density at radius 3 is 2.41 bits per heavy atom. The molecule has 2 aromatic rings. The number of nitrogens with zero attached hydrogens (tertiary/aromatic N) is 1. The Bertz CT molecular complexity index is 814. The lowest BCUT2D eigenvalue weighted by Gasteiger charge is -2.17. The molecule has 0 unspecified atom stereocenters. The fourth-order valence-electron chi connectivity index (χ4n) is 3.11. The number of alkyl halides is 3. The van der Waals surface area contributed by atoms with Crippen molar-refractivity contribution < 1.29 is 27.4 Å². The van der Waals surface area contributed by atoms with Crippen LogP contribution >= 0.6 is 0 Å². The first-order valence-corrected chi connectivity index (χ1v) is 8.65. The molecule has 1 saturated heterocycles. The first kappa shape index (κ1) is 19.1. The molecule has 0 N–H and O–H groups in total. The van der Waals surface area contributed by atoms with Gasteiger partial charge in [-0.3, -0.25) is 4.79 Å². The number of hydrogen-bond acceptors (Lipinski definition) is 3. The predicted octanol–water partition coefficient (Wildman–Crippen LogP) is 4.38. The topological polar surface area (TPSA) is 38.8 Å². The maximum Gasteiger partial charge on any atom is 0.417 e. The second-order valence-corrected chi connectivity index (χ2v) is 6.32. The van der Waals surface area contributed by atoms with E-state index >= 15 is 0 Å². The van der Waals surface area contributed by atoms with Crippen LogP contribution < -0.4 is 9.47 Å². The minimum Gasteiger partial charge on any atom is -0.497 e. The molecule has 0 bridgehead atoms. The van der Waals surface area contributed by atoms with Crippen LogP contribution in [0.15, 0.2) is 42.5 Å². The zero-order chi connectivity index (χ0) is 19.4. The van der Waals surface area contributed by atoms with Crippen molar-refractivity contribution in [1.29, 1.82) is 0 Å². The van der Waals surface area contributed by atoms with Crippen LogP contribution in [0.2, 0.25) is 0 Å². The van der Waals surface area contributed by atoms with E-state index < -0.39 is 11.7 Å². The van der Waals surface area contributed by atoms with Crippen LogP contribution in [-0.2, 0) is 11.0 Å². The number of rotatable bonds is 5. The quantitative estimate of drug-likeness (QED) is 0.774. The highest BCUT2D eigenvalue weighted by molar-refractivity contribution is 5.78. The van der Waals surface area contributed by atoms with Gasteiger partial charge in [0, 0.05) is 19.2 Å². The molecule has 0 aromatic heterocycles. The highest BCUT2D eigenvalue weighted by atomic mass is 19.4. The largest absolute Gasteiger partial charge is 0.497 e. The maximum atomic E-state index is 13.3. The average Bonchev–Trinajstić information content (AvgIpc) is 3.20. The number of ether oxygens (including phenoxy) is 2. The molecule has 0 radical (unpaired) electrons. The van der Waals surface area contributed by atoms with Gasteiger partial charge in [0.05, 0.1) is 12.7 Å². The summed E-state index contributed by atoms with van der Waals surface area (Å²) < 4.78 is 50.7. The van der Waals surface area contributed by atoms with Crippen molar-refractivity contribution in [3.63, 3.8) is 0 Å². The summed E-state index contributed by atoms with van der Waals surface area (Å²) in [5.74, 6) is 0.509. The molecule has 1 amide bonds. The maximum absolute atomic E-state index is 13.3. The molecule has 7 heteroatoms. The standard InChI is InChI=1S/C20H20F3NO3/c1-26-15-10-14(17-6-2-3-7-18(17)20(21,22)23)11-16(12-15)27-13-19(25)24-8-4-5-9-24/h2-3,6-7,10-12H,4-5,8-9,13H2,1H3. The van der Waals surface area contributed by atoms with Crippen molar-refractivity contribution in [2.75, 3.05) is 26.8 Å². The van der Waals surface area contributed by atoms with E-state index in [9.17, 15) is 18.0 Å². The fourth-order valence-corrected chi connectivity index (χ4v) is 3.11. The molecule has 2 aromatic carbocycles. The van der Waals surface area contributed by atoms with Crippen molar-refractivity contribution in [1.82, 2.24) is 4.90 Å². The van der Waals surface area contributed by atoms with Crippen LogP contribution in [0, 0.1) is 0 Å². The Balaban J connectivity index is 1.87. The molecule has 0 atom stereocenters. The van der Waals surface area contributed by atoms with E-state index in [2.05, 4.69) is 0 Å². The molecule has 4 nitrogen and oxygen atoms in total. The van der Waals surface area contributed by atoms with Gasteiger partial charge < -0.3 is 14.4 Å². The normalized spacial score (nSPS) is 14.3. The Morgan fingerprint density at radius 1 is 1.07 bits per heavy atom. The lowest BCUT2D eigenvalue weighted by atomic mass is 9.99. The fraction of sp³-hybridized carbons (Fsp3) is 0.350. The number of amides is 1. The molecule has 0 spiro atoms. The second kappa shape index (κ2) is 7.90. The van der Waals surface area contributed by atoms with Crippen molar-refractivity contribution in [3.8, 4) is 22.6 Å². The Hall–Kier alpha value is -2.70. The van der Waals surface area contributed by atoms with E-state index in [0.29, 0.717) is 24.4 Å². The molecule has 0 aliphatic carbocycles. The second-order valence-electron chi connectivity index (χ2n) is 6.32. The van der Waals surface area contributed by atoms with E-state index in [1.165, 1.54) is 31.4 Å². The van der Waals surface area contributed by atoms with Gasteiger partial charge in [-0.1, -0.05) is 18.2 Å². The summed E-state index contributed by atoms with van der Waals surface area (Å²) in [7, 11) is 1.42. The molecule has 1 fully saturated rings. The first-order chi connectivity index (χ1) is 12.9. The van der Waals surface area contributed by atoms with Crippen molar-refractivity contribution in [3.05, 3.63) is 48.0 Å². The number of carbonyl (C=O) groups excluding carboxylic acids is 1. The first-order valence-electron chi connectivity index (χ1n) is 8.65. The van der Waals surface area contributed by atoms with Crippen molar-refractivity contribution in [2.24, 2.45) is 0 Å². The third kappa shape index (κ3) is 4.53. The molecular weight excluding hydrogens is 359 g/mol. The average molecular weight is 379 g/mol. The van der Waals surface area contributed by atoms with Crippen LogP contribution in [0.3, 0.4) is 0 Å². The Kier molecular flexibility index (Phi) is 5.58. The van der Waals surface area contributed by atoms with Gasteiger partial charge in [-0.05, 0) is 42.2 Å². The molecule has 3 rings (SSSR count). The summed E-state index contributed by atoms with van der Waals surface area (Å²) in [6.45, 7) is 1.27. The van der Waals surface area contributed by atoms with Crippen LogP contribution in [0.1, 0.15) is 18.4 Å². The molecule has 1 aliphatic heterocycles. The smallest absolute Gasteiger partial charge is 0.417 e. The lowest BCUT2D eigenvalue weighted by molar-refractivity contribution is -0.137. The van der Waals surface area contributed by atoms with Crippen molar-refractivity contribution in [2.45, 2.75) is 19.0 Å². The molecule has 1 aliphatic rings. The predicted molar refractivity (Wildman–Crippen MR) is 94.7 cm³/mol. The van der Waals surface area contributed by atoms with E-state index in [0.717, 1.165) is 18.9 Å². The number of halogens is 3. The highest BCUT2D eigenvalue weighted by Crippen LogP contribution is 2.39. The van der Waals surface area contributed by atoms with E-state index in [4.69, 9.17) is 9.47 Å². The summed E-state index contributed by atoms with van der Waals surface area (Å²) in [5, 5.41) is 0. The van der Waals surface area contributed by atoms with Crippen LogP contribution in [0.5, 0.6) is 11.5 Å². The summed E-state index contributed by atoms with van der Waals surface area (Å²) in [6, 6.07) is 9.88. The van der Waals surface area contributed by atoms with Crippen LogP contribution in [0.4, 0.5) is 13.2 Å². The van der Waals surface area contributed by atoms with Gasteiger partial charge in [-0.2, -0.15) is 13.2 Å². The molecule has 27 heavy (non-hydrogen) atoms. The number of benzene rings is 2. The molecule has 1 heterocycles. The number of methoxy groups -OCH3 is 1. The number of likely N-dealkylation sites (tertiary alicyclic amines) is 1. The third-order valence-electron chi connectivity index (χ3n) is 4.48. The van der Waals surface area contributed by atoms with Gasteiger partial charge in [0.15, 0.2) is 6.61 Å². The molecule has 144 valence electrons. The Labute approximate surface area is 155 Å². The van der Waals surface area contributed by atoms with Gasteiger partial charge >= 0.3 is 6.18 Å². The van der Waals surface area contributed by atoms with Gasteiger partial charge in [-0.15, -0.1) is 0 Å².